The zero-order valence-electron chi connectivity index (χ0n) is 9.87. The second kappa shape index (κ2) is 6.81. The number of rotatable bonds is 6. The van der Waals surface area contributed by atoms with Gasteiger partial charge in [-0.25, -0.2) is 0 Å². The van der Waals surface area contributed by atoms with E-state index in [0.717, 1.165) is 19.4 Å². The smallest absolute Gasteiger partial charge is 0.234 e. The van der Waals surface area contributed by atoms with E-state index in [1.807, 2.05) is 11.8 Å². The minimum atomic E-state index is 0.0880. The van der Waals surface area contributed by atoms with Gasteiger partial charge in [0.25, 0.3) is 0 Å². The van der Waals surface area contributed by atoms with Crippen molar-refractivity contribution in [3.8, 4) is 0 Å². The van der Waals surface area contributed by atoms with Crippen LogP contribution in [-0.2, 0) is 4.79 Å². The Hall–Kier alpha value is -0.680. The third-order valence-electron chi connectivity index (χ3n) is 2.91. The number of carbonyl (C=O) groups is 1. The van der Waals surface area contributed by atoms with E-state index in [0.29, 0.717) is 24.1 Å². The van der Waals surface area contributed by atoms with Crippen molar-refractivity contribution >= 4 is 23.1 Å². The second-order valence-corrected chi connectivity index (χ2v) is 4.84. The SMILES string of the molecule is CCN(CC(=O)NC1CCCC1)CC(N)=S. The van der Waals surface area contributed by atoms with E-state index in [1.165, 1.54) is 12.8 Å². The van der Waals surface area contributed by atoms with E-state index in [4.69, 9.17) is 18.0 Å². The van der Waals surface area contributed by atoms with E-state index < -0.39 is 0 Å². The van der Waals surface area contributed by atoms with Gasteiger partial charge in [0.2, 0.25) is 5.91 Å². The summed E-state index contributed by atoms with van der Waals surface area (Å²) in [5.41, 5.74) is 5.47. The van der Waals surface area contributed by atoms with Gasteiger partial charge in [-0.05, 0) is 19.4 Å². The summed E-state index contributed by atoms with van der Waals surface area (Å²) in [5, 5.41) is 3.05. The van der Waals surface area contributed by atoms with Crippen LogP contribution in [0, 0.1) is 0 Å². The number of hydrogen-bond acceptors (Lipinski definition) is 3. The molecule has 92 valence electrons. The fourth-order valence-corrected chi connectivity index (χ4v) is 2.23. The molecule has 4 nitrogen and oxygen atoms in total. The van der Waals surface area contributed by atoms with Gasteiger partial charge in [-0.2, -0.15) is 0 Å². The third kappa shape index (κ3) is 4.90. The predicted molar refractivity (Wildman–Crippen MR) is 69.3 cm³/mol. The largest absolute Gasteiger partial charge is 0.392 e. The van der Waals surface area contributed by atoms with Crippen molar-refractivity contribution in [2.75, 3.05) is 19.6 Å². The maximum Gasteiger partial charge on any atom is 0.234 e. The Morgan fingerprint density at radius 1 is 1.44 bits per heavy atom. The number of nitrogens with two attached hydrogens (primary N) is 1. The first-order chi connectivity index (χ1) is 7.61. The van der Waals surface area contributed by atoms with E-state index in [1.54, 1.807) is 0 Å². The van der Waals surface area contributed by atoms with Crippen LogP contribution in [-0.4, -0.2) is 41.5 Å². The summed E-state index contributed by atoms with van der Waals surface area (Å²) < 4.78 is 0. The van der Waals surface area contributed by atoms with Crippen molar-refractivity contribution in [1.82, 2.24) is 10.2 Å². The highest BCUT2D eigenvalue weighted by Gasteiger charge is 2.18. The summed E-state index contributed by atoms with van der Waals surface area (Å²) in [6, 6.07) is 0.385. The minimum absolute atomic E-state index is 0.0880. The van der Waals surface area contributed by atoms with Gasteiger partial charge >= 0.3 is 0 Å². The highest BCUT2D eigenvalue weighted by Crippen LogP contribution is 2.17. The van der Waals surface area contributed by atoms with Gasteiger partial charge < -0.3 is 11.1 Å². The van der Waals surface area contributed by atoms with Gasteiger partial charge in [0.15, 0.2) is 0 Å². The molecule has 3 N–H and O–H groups in total. The molecule has 5 heteroatoms. The number of amides is 1. The van der Waals surface area contributed by atoms with Crippen molar-refractivity contribution in [2.45, 2.75) is 38.6 Å². The predicted octanol–water partition coefficient (Wildman–Crippen LogP) is 0.653. The first-order valence-corrected chi connectivity index (χ1v) is 6.32. The van der Waals surface area contributed by atoms with E-state index >= 15 is 0 Å². The number of thiocarbonyl (C=S) groups is 1. The van der Waals surface area contributed by atoms with Crippen molar-refractivity contribution in [3.05, 3.63) is 0 Å². The quantitative estimate of drug-likeness (QED) is 0.673. The normalized spacial score (nSPS) is 16.6. The number of nitrogens with zero attached hydrogens (tertiary/aromatic N) is 1. The first kappa shape index (κ1) is 13.4. The standard InChI is InChI=1S/C11H21N3OS/c1-2-14(7-10(12)16)8-11(15)13-9-5-3-4-6-9/h9H,2-8H2,1H3,(H2,12,16)(H,13,15). The topological polar surface area (TPSA) is 58.4 Å². The average molecular weight is 243 g/mol. The molecule has 1 aliphatic rings. The zero-order chi connectivity index (χ0) is 12.0. The molecule has 0 saturated heterocycles. The van der Waals surface area contributed by atoms with Gasteiger partial charge in [0.05, 0.1) is 11.5 Å². The lowest BCUT2D eigenvalue weighted by Gasteiger charge is -2.20. The molecular formula is C11H21N3OS. The summed E-state index contributed by atoms with van der Waals surface area (Å²) in [4.78, 5) is 14.1. The molecule has 0 radical (unpaired) electrons. The number of hydrogen-bond donors (Lipinski definition) is 2. The van der Waals surface area contributed by atoms with Gasteiger partial charge in [0, 0.05) is 12.6 Å². The van der Waals surface area contributed by atoms with E-state index in [2.05, 4.69) is 5.32 Å². The molecule has 0 heterocycles. The molecule has 16 heavy (non-hydrogen) atoms. The molecule has 0 aliphatic heterocycles. The highest BCUT2D eigenvalue weighted by molar-refractivity contribution is 7.80. The summed E-state index contributed by atoms with van der Waals surface area (Å²) >= 11 is 4.84. The van der Waals surface area contributed by atoms with E-state index in [-0.39, 0.29) is 5.91 Å². The van der Waals surface area contributed by atoms with Crippen LogP contribution in [0.3, 0.4) is 0 Å². The lowest BCUT2D eigenvalue weighted by Crippen LogP contribution is -2.43. The Morgan fingerprint density at radius 3 is 2.56 bits per heavy atom. The Morgan fingerprint density at radius 2 is 2.06 bits per heavy atom. The molecule has 0 spiro atoms. The summed E-state index contributed by atoms with van der Waals surface area (Å²) in [7, 11) is 0. The molecule has 1 saturated carbocycles. The first-order valence-electron chi connectivity index (χ1n) is 5.91. The Bertz CT molecular complexity index is 252. The molecule has 0 aromatic rings. The van der Waals surface area contributed by atoms with Crippen molar-refractivity contribution in [2.24, 2.45) is 5.73 Å². The van der Waals surface area contributed by atoms with Gasteiger partial charge in [-0.3, -0.25) is 9.69 Å². The molecule has 1 aliphatic carbocycles. The van der Waals surface area contributed by atoms with Crippen LogP contribution in [0.5, 0.6) is 0 Å². The van der Waals surface area contributed by atoms with Gasteiger partial charge in [0.1, 0.15) is 0 Å². The molecule has 1 fully saturated rings. The molecular weight excluding hydrogens is 222 g/mol. The van der Waals surface area contributed by atoms with Gasteiger partial charge in [-0.15, -0.1) is 0 Å². The zero-order valence-corrected chi connectivity index (χ0v) is 10.7. The lowest BCUT2D eigenvalue weighted by molar-refractivity contribution is -0.122. The Balaban J connectivity index is 2.27. The fraction of sp³-hybridized carbons (Fsp3) is 0.818. The van der Waals surface area contributed by atoms with E-state index in [9.17, 15) is 4.79 Å². The fourth-order valence-electron chi connectivity index (χ4n) is 2.05. The van der Waals surface area contributed by atoms with Crippen molar-refractivity contribution in [1.29, 1.82) is 0 Å². The molecule has 0 aromatic carbocycles. The van der Waals surface area contributed by atoms with Gasteiger partial charge in [-0.1, -0.05) is 32.0 Å². The monoisotopic (exact) mass is 243 g/mol. The van der Waals surface area contributed by atoms with Crippen LogP contribution in [0.4, 0.5) is 0 Å². The Kier molecular flexibility index (Phi) is 5.69. The van der Waals surface area contributed by atoms with Crippen LogP contribution < -0.4 is 11.1 Å². The summed E-state index contributed by atoms with van der Waals surface area (Å²) in [6.45, 7) is 3.70. The molecule has 1 amide bonds. The molecule has 0 bridgehead atoms. The average Bonchev–Trinajstić information content (AvgIpc) is 2.68. The molecule has 0 aromatic heterocycles. The third-order valence-corrected chi connectivity index (χ3v) is 3.04. The number of carbonyl (C=O) groups excluding carboxylic acids is 1. The second-order valence-electron chi connectivity index (χ2n) is 4.32. The van der Waals surface area contributed by atoms with Crippen LogP contribution in [0.25, 0.3) is 0 Å². The molecule has 0 atom stereocenters. The van der Waals surface area contributed by atoms with Crippen LogP contribution in [0.15, 0.2) is 0 Å². The minimum Gasteiger partial charge on any atom is -0.392 e. The summed E-state index contributed by atoms with van der Waals surface area (Å²) in [6.07, 6.45) is 4.70. The lowest BCUT2D eigenvalue weighted by atomic mass is 10.2. The highest BCUT2D eigenvalue weighted by atomic mass is 32.1. The number of likely N-dealkylation sites (N-methyl/N-ethyl adjacent to an activating group) is 1. The van der Waals surface area contributed by atoms with Crippen molar-refractivity contribution in [3.63, 3.8) is 0 Å². The van der Waals surface area contributed by atoms with Crippen molar-refractivity contribution < 1.29 is 4.79 Å². The molecule has 0 unspecified atom stereocenters. The Labute approximate surface area is 103 Å². The molecule has 1 rings (SSSR count). The number of nitrogens with one attached hydrogen (secondary N) is 1. The summed E-state index contributed by atoms with van der Waals surface area (Å²) in [5.74, 6) is 0.0880. The van der Waals surface area contributed by atoms with Crippen LogP contribution in [0.2, 0.25) is 0 Å². The van der Waals surface area contributed by atoms with Crippen LogP contribution in [0.1, 0.15) is 32.6 Å². The maximum atomic E-state index is 11.7. The maximum absolute atomic E-state index is 11.7. The van der Waals surface area contributed by atoms with Crippen LogP contribution >= 0.6 is 12.2 Å².